The van der Waals surface area contributed by atoms with Crippen LogP contribution in [0.1, 0.15) is 38.6 Å². The number of aromatic nitrogens is 6. The predicted octanol–water partition coefficient (Wildman–Crippen LogP) is 4.31. The lowest BCUT2D eigenvalue weighted by Crippen LogP contribution is -2.24. The number of para-hydroxylation sites is 1. The highest BCUT2D eigenvalue weighted by Crippen LogP contribution is 2.29. The molecule has 156 valence electrons. The molecular formula is C20H23N7OS2. The van der Waals surface area contributed by atoms with Gasteiger partial charge in [0.25, 0.3) is 0 Å². The van der Waals surface area contributed by atoms with Crippen LogP contribution in [0.2, 0.25) is 0 Å². The summed E-state index contributed by atoms with van der Waals surface area (Å²) < 4.78 is 2.13. The van der Waals surface area contributed by atoms with Gasteiger partial charge in [0.05, 0.1) is 10.8 Å². The van der Waals surface area contributed by atoms with Crippen molar-refractivity contribution in [3.63, 3.8) is 0 Å². The molecule has 4 aromatic rings. The molecule has 0 aliphatic heterocycles. The van der Waals surface area contributed by atoms with Crippen LogP contribution in [0.5, 0.6) is 0 Å². The molecule has 4 rings (SSSR count). The minimum absolute atomic E-state index is 0.124. The summed E-state index contributed by atoms with van der Waals surface area (Å²) in [4.78, 5) is 17.5. The molecule has 1 aromatic carbocycles. The summed E-state index contributed by atoms with van der Waals surface area (Å²) in [5, 5.41) is 22.4. The van der Waals surface area contributed by atoms with Crippen LogP contribution in [-0.2, 0) is 17.8 Å². The number of benzene rings is 1. The Bertz CT molecular complexity index is 1190. The van der Waals surface area contributed by atoms with Gasteiger partial charge in [-0.25, -0.2) is 4.98 Å². The molecule has 0 fully saturated rings. The van der Waals surface area contributed by atoms with E-state index in [1.54, 1.807) is 0 Å². The normalized spacial score (nSPS) is 12.5. The van der Waals surface area contributed by atoms with Gasteiger partial charge in [0.1, 0.15) is 10.5 Å². The highest BCUT2D eigenvalue weighted by atomic mass is 32.2. The van der Waals surface area contributed by atoms with Gasteiger partial charge in [-0.05, 0) is 25.8 Å². The molecule has 0 saturated carbocycles. The van der Waals surface area contributed by atoms with Crippen LogP contribution in [0.3, 0.4) is 0 Å². The fourth-order valence-electron chi connectivity index (χ4n) is 3.31. The van der Waals surface area contributed by atoms with Crippen LogP contribution < -0.4 is 5.32 Å². The molecule has 1 atom stereocenters. The molecule has 0 saturated heterocycles. The van der Waals surface area contributed by atoms with Gasteiger partial charge < -0.3 is 4.57 Å². The van der Waals surface area contributed by atoms with E-state index in [0.29, 0.717) is 16.7 Å². The van der Waals surface area contributed by atoms with Gasteiger partial charge in [-0.3, -0.25) is 10.1 Å². The van der Waals surface area contributed by atoms with Crippen molar-refractivity contribution in [2.75, 3.05) is 5.32 Å². The van der Waals surface area contributed by atoms with Gasteiger partial charge in [-0.2, -0.15) is 0 Å². The maximum Gasteiger partial charge on any atom is 0.239 e. The summed E-state index contributed by atoms with van der Waals surface area (Å²) in [5.74, 6) is -0.124. The molecule has 1 amide bonds. The zero-order chi connectivity index (χ0) is 21.1. The first kappa shape index (κ1) is 20.7. The van der Waals surface area contributed by atoms with Gasteiger partial charge in [0.2, 0.25) is 16.2 Å². The SMILES string of the molecule is CCCc1nnc(NC(=O)[C@H](CC)Sc2nnc3c4ccccc4n(CC)c3n2)s1. The van der Waals surface area contributed by atoms with Crippen LogP contribution in [0.4, 0.5) is 5.13 Å². The van der Waals surface area contributed by atoms with Crippen molar-refractivity contribution in [2.45, 2.75) is 57.0 Å². The Morgan fingerprint density at radius 2 is 2.00 bits per heavy atom. The molecule has 0 aliphatic carbocycles. The molecule has 30 heavy (non-hydrogen) atoms. The molecule has 1 N–H and O–H groups in total. The minimum Gasteiger partial charge on any atom is -0.324 e. The highest BCUT2D eigenvalue weighted by Gasteiger charge is 2.22. The lowest BCUT2D eigenvalue weighted by atomic mass is 10.2. The van der Waals surface area contributed by atoms with Crippen molar-refractivity contribution in [2.24, 2.45) is 0 Å². The number of carbonyl (C=O) groups is 1. The molecule has 0 aliphatic rings. The summed E-state index contributed by atoms with van der Waals surface area (Å²) in [6.07, 6.45) is 2.50. The first-order valence-electron chi connectivity index (χ1n) is 10.1. The Hall–Kier alpha value is -2.59. The van der Waals surface area contributed by atoms with Crippen molar-refractivity contribution in [1.82, 2.24) is 29.9 Å². The van der Waals surface area contributed by atoms with E-state index in [2.05, 4.69) is 50.2 Å². The highest BCUT2D eigenvalue weighted by molar-refractivity contribution is 8.00. The largest absolute Gasteiger partial charge is 0.324 e. The van der Waals surface area contributed by atoms with Gasteiger partial charge in [0.15, 0.2) is 5.65 Å². The summed E-state index contributed by atoms with van der Waals surface area (Å²) in [6.45, 7) is 6.92. The van der Waals surface area contributed by atoms with E-state index in [1.807, 2.05) is 25.1 Å². The van der Waals surface area contributed by atoms with E-state index in [0.717, 1.165) is 46.5 Å². The smallest absolute Gasteiger partial charge is 0.239 e. The second-order valence-corrected chi connectivity index (χ2v) is 9.01. The second-order valence-electron chi connectivity index (χ2n) is 6.78. The van der Waals surface area contributed by atoms with Crippen molar-refractivity contribution in [3.05, 3.63) is 29.3 Å². The first-order valence-corrected chi connectivity index (χ1v) is 11.8. The number of hydrogen-bond donors (Lipinski definition) is 1. The third kappa shape index (κ3) is 4.01. The fraction of sp³-hybridized carbons (Fsp3) is 0.400. The molecule has 0 radical (unpaired) electrons. The number of anilines is 1. The van der Waals surface area contributed by atoms with E-state index in [1.165, 1.54) is 23.1 Å². The average molecular weight is 442 g/mol. The summed E-state index contributed by atoms with van der Waals surface area (Å²) >= 11 is 2.74. The van der Waals surface area contributed by atoms with Crippen LogP contribution in [0.25, 0.3) is 22.1 Å². The predicted molar refractivity (Wildman–Crippen MR) is 121 cm³/mol. The number of carbonyl (C=O) groups excluding carboxylic acids is 1. The molecule has 10 heteroatoms. The quantitative estimate of drug-likeness (QED) is 0.407. The third-order valence-electron chi connectivity index (χ3n) is 4.74. The van der Waals surface area contributed by atoms with Gasteiger partial charge in [-0.15, -0.1) is 20.4 Å². The Labute approximate surface area is 182 Å². The lowest BCUT2D eigenvalue weighted by Gasteiger charge is -2.12. The number of fused-ring (bicyclic) bond motifs is 3. The van der Waals surface area contributed by atoms with Crippen molar-refractivity contribution < 1.29 is 4.79 Å². The van der Waals surface area contributed by atoms with E-state index in [-0.39, 0.29) is 11.2 Å². The van der Waals surface area contributed by atoms with E-state index in [4.69, 9.17) is 4.98 Å². The monoisotopic (exact) mass is 441 g/mol. The second kappa shape index (κ2) is 9.05. The molecule has 3 heterocycles. The number of aryl methyl sites for hydroxylation is 2. The van der Waals surface area contributed by atoms with Crippen LogP contribution >= 0.6 is 23.1 Å². The standard InChI is InChI=1S/C20H23N7OS2/c1-4-9-15-23-25-20(30-15)22-18(28)14(5-2)29-19-21-17-16(24-26-19)12-10-7-8-11-13(12)27(17)6-3/h7-8,10-11,14H,4-6,9H2,1-3H3,(H,22,25,28)/t14-/m0/s1. The topological polar surface area (TPSA) is 98.5 Å². The van der Waals surface area contributed by atoms with Gasteiger partial charge in [-0.1, -0.05) is 55.1 Å². The third-order valence-corrected chi connectivity index (χ3v) is 6.86. The fourth-order valence-corrected chi connectivity index (χ4v) is 4.97. The molecule has 0 spiro atoms. The summed E-state index contributed by atoms with van der Waals surface area (Å²) in [6, 6.07) is 8.09. The number of nitrogens with zero attached hydrogens (tertiary/aromatic N) is 6. The number of rotatable bonds is 8. The molecule has 8 nitrogen and oxygen atoms in total. The van der Waals surface area contributed by atoms with Crippen LogP contribution in [0.15, 0.2) is 29.4 Å². The van der Waals surface area contributed by atoms with E-state index < -0.39 is 0 Å². The molecule has 0 bridgehead atoms. The summed E-state index contributed by atoms with van der Waals surface area (Å²) in [7, 11) is 0. The molecular weight excluding hydrogens is 418 g/mol. The number of amides is 1. The molecule has 3 aromatic heterocycles. The Morgan fingerprint density at radius 1 is 1.17 bits per heavy atom. The van der Waals surface area contributed by atoms with Crippen molar-refractivity contribution in [1.29, 1.82) is 0 Å². The lowest BCUT2D eigenvalue weighted by molar-refractivity contribution is -0.115. The van der Waals surface area contributed by atoms with E-state index >= 15 is 0 Å². The maximum absolute atomic E-state index is 12.8. The zero-order valence-corrected chi connectivity index (χ0v) is 18.8. The van der Waals surface area contributed by atoms with Crippen molar-refractivity contribution in [3.8, 4) is 0 Å². The van der Waals surface area contributed by atoms with Crippen LogP contribution in [0, 0.1) is 0 Å². The van der Waals surface area contributed by atoms with Crippen LogP contribution in [-0.4, -0.2) is 41.1 Å². The maximum atomic E-state index is 12.8. The molecule has 0 unspecified atom stereocenters. The number of nitrogens with one attached hydrogen (secondary N) is 1. The Kier molecular flexibility index (Phi) is 6.24. The summed E-state index contributed by atoms with van der Waals surface area (Å²) in [5.41, 5.74) is 2.66. The minimum atomic E-state index is -0.345. The average Bonchev–Trinajstić information content (AvgIpc) is 3.33. The number of hydrogen-bond acceptors (Lipinski definition) is 8. The number of thioether (sulfide) groups is 1. The van der Waals surface area contributed by atoms with Gasteiger partial charge >= 0.3 is 0 Å². The van der Waals surface area contributed by atoms with E-state index in [9.17, 15) is 4.79 Å². The van der Waals surface area contributed by atoms with Crippen molar-refractivity contribution >= 4 is 56.2 Å². The Balaban J connectivity index is 1.56. The first-order chi connectivity index (χ1) is 14.6. The Morgan fingerprint density at radius 3 is 2.77 bits per heavy atom. The zero-order valence-electron chi connectivity index (χ0n) is 17.1. The van der Waals surface area contributed by atoms with Gasteiger partial charge in [0, 0.05) is 18.4 Å².